The van der Waals surface area contributed by atoms with Crippen molar-refractivity contribution in [3.63, 3.8) is 0 Å². The van der Waals surface area contributed by atoms with Crippen LogP contribution in [0.1, 0.15) is 18.9 Å². The molecule has 130 valence electrons. The van der Waals surface area contributed by atoms with Gasteiger partial charge in [0.25, 0.3) is 5.56 Å². The Morgan fingerprint density at radius 1 is 1.20 bits per heavy atom. The number of nitrogens with two attached hydrogens (primary N) is 1. The molecule has 2 heterocycles. The van der Waals surface area contributed by atoms with Crippen LogP contribution in [0.2, 0.25) is 0 Å². The van der Waals surface area contributed by atoms with E-state index in [1.54, 1.807) is 0 Å². The molecule has 25 heavy (non-hydrogen) atoms. The number of aryl methyl sites for hydroxylation is 1. The van der Waals surface area contributed by atoms with Crippen molar-refractivity contribution < 1.29 is 0 Å². The molecule has 0 spiro atoms. The van der Waals surface area contributed by atoms with E-state index >= 15 is 0 Å². The predicted octanol–water partition coefficient (Wildman–Crippen LogP) is 2.64. The highest BCUT2D eigenvalue weighted by Crippen LogP contribution is 2.29. The van der Waals surface area contributed by atoms with E-state index < -0.39 is 11.2 Å². The van der Waals surface area contributed by atoms with Crippen LogP contribution in [0, 0.1) is 6.92 Å². The summed E-state index contributed by atoms with van der Waals surface area (Å²) in [5.74, 6) is 0.177. The maximum absolute atomic E-state index is 12.6. The van der Waals surface area contributed by atoms with E-state index in [4.69, 9.17) is 5.73 Å². The first kappa shape index (κ1) is 17.2. The highest BCUT2D eigenvalue weighted by Gasteiger charge is 2.19. The number of rotatable bonds is 4. The van der Waals surface area contributed by atoms with Gasteiger partial charge in [0.05, 0.1) is 5.69 Å². The zero-order chi connectivity index (χ0) is 18.1. The molecule has 0 aliphatic rings. The quantitative estimate of drug-likeness (QED) is 0.779. The number of thiazole rings is 1. The zero-order valence-electron chi connectivity index (χ0n) is 14.4. The average molecular weight is 356 g/mol. The van der Waals surface area contributed by atoms with Gasteiger partial charge in [0.15, 0.2) is 0 Å². The maximum Gasteiger partial charge on any atom is 0.332 e. The fourth-order valence-corrected chi connectivity index (χ4v) is 3.50. The highest BCUT2D eigenvalue weighted by atomic mass is 32.1. The highest BCUT2D eigenvalue weighted by molar-refractivity contribution is 7.13. The van der Waals surface area contributed by atoms with Crippen LogP contribution >= 0.6 is 11.3 Å². The summed E-state index contributed by atoms with van der Waals surface area (Å²) in [4.78, 5) is 29.4. The van der Waals surface area contributed by atoms with Crippen LogP contribution in [0.4, 0.5) is 5.82 Å². The van der Waals surface area contributed by atoms with Gasteiger partial charge in [0.1, 0.15) is 16.4 Å². The molecule has 7 heteroatoms. The van der Waals surface area contributed by atoms with Crippen molar-refractivity contribution in [1.29, 1.82) is 0 Å². The van der Waals surface area contributed by atoms with Crippen LogP contribution in [0.15, 0.2) is 39.2 Å². The largest absolute Gasteiger partial charge is 0.384 e. The number of benzene rings is 1. The summed E-state index contributed by atoms with van der Waals surface area (Å²) in [6, 6.07) is 8.03. The second-order valence-electron chi connectivity index (χ2n) is 5.96. The lowest BCUT2D eigenvalue weighted by atomic mass is 10.1. The Morgan fingerprint density at radius 3 is 2.52 bits per heavy atom. The Kier molecular flexibility index (Phi) is 4.59. The minimum Gasteiger partial charge on any atom is -0.384 e. The molecular formula is C18H20N4O2S. The van der Waals surface area contributed by atoms with Crippen molar-refractivity contribution >= 4 is 17.2 Å². The van der Waals surface area contributed by atoms with Crippen molar-refractivity contribution in [3.05, 3.63) is 56.0 Å². The van der Waals surface area contributed by atoms with E-state index in [2.05, 4.69) is 4.98 Å². The number of nitrogen functional groups attached to an aromatic ring is 1. The molecule has 0 unspecified atom stereocenters. The average Bonchev–Trinajstić information content (AvgIpc) is 3.07. The molecule has 2 N–H and O–H groups in total. The van der Waals surface area contributed by atoms with Crippen molar-refractivity contribution in [2.45, 2.75) is 26.8 Å². The number of anilines is 1. The van der Waals surface area contributed by atoms with Gasteiger partial charge in [-0.2, -0.15) is 0 Å². The van der Waals surface area contributed by atoms with Gasteiger partial charge in [-0.1, -0.05) is 36.8 Å². The molecule has 0 saturated heterocycles. The monoisotopic (exact) mass is 356 g/mol. The van der Waals surface area contributed by atoms with Gasteiger partial charge in [-0.3, -0.25) is 13.9 Å². The van der Waals surface area contributed by atoms with Gasteiger partial charge in [-0.25, -0.2) is 9.78 Å². The molecule has 0 atom stereocenters. The van der Waals surface area contributed by atoms with Gasteiger partial charge >= 0.3 is 5.69 Å². The summed E-state index contributed by atoms with van der Waals surface area (Å²) in [5, 5.41) is 2.62. The number of aromatic nitrogens is 3. The lowest BCUT2D eigenvalue weighted by Gasteiger charge is -2.13. The summed E-state index contributed by atoms with van der Waals surface area (Å²) in [7, 11) is 1.47. The topological polar surface area (TPSA) is 82.9 Å². The fraction of sp³-hybridized carbons (Fsp3) is 0.278. The summed E-state index contributed by atoms with van der Waals surface area (Å²) < 4.78 is 2.52. The number of hydrogen-bond donors (Lipinski definition) is 1. The molecular weight excluding hydrogens is 336 g/mol. The van der Waals surface area contributed by atoms with Gasteiger partial charge in [0, 0.05) is 24.5 Å². The lowest BCUT2D eigenvalue weighted by Crippen LogP contribution is -2.40. The third kappa shape index (κ3) is 3.02. The SMILES string of the molecule is CCCn1c(N)c(-c2csc(-c3ccc(C)cc3)n2)c(=O)n(C)c1=O. The van der Waals surface area contributed by atoms with Gasteiger partial charge in [0.2, 0.25) is 0 Å². The Bertz CT molecular complexity index is 1030. The third-order valence-electron chi connectivity index (χ3n) is 4.09. The molecule has 6 nitrogen and oxygen atoms in total. The van der Waals surface area contributed by atoms with Crippen molar-refractivity contribution in [2.75, 3.05) is 5.73 Å². The summed E-state index contributed by atoms with van der Waals surface area (Å²) >= 11 is 1.45. The van der Waals surface area contributed by atoms with Crippen molar-refractivity contribution in [3.8, 4) is 21.8 Å². The third-order valence-corrected chi connectivity index (χ3v) is 4.98. The second kappa shape index (κ2) is 6.68. The molecule has 0 bridgehead atoms. The fourth-order valence-electron chi connectivity index (χ4n) is 2.68. The van der Waals surface area contributed by atoms with Crippen LogP contribution in [0.3, 0.4) is 0 Å². The molecule has 0 aliphatic heterocycles. The minimum atomic E-state index is -0.421. The van der Waals surface area contributed by atoms with Crippen molar-refractivity contribution in [2.24, 2.45) is 7.05 Å². The van der Waals surface area contributed by atoms with E-state index in [1.165, 1.54) is 28.5 Å². The van der Waals surface area contributed by atoms with Crippen LogP contribution in [-0.2, 0) is 13.6 Å². The minimum absolute atomic E-state index is 0.177. The molecule has 3 aromatic rings. The Balaban J connectivity index is 2.16. The predicted molar refractivity (Wildman–Crippen MR) is 102 cm³/mol. The van der Waals surface area contributed by atoms with E-state index in [1.807, 2.05) is 43.5 Å². The molecule has 3 rings (SSSR count). The number of nitrogens with zero attached hydrogens (tertiary/aromatic N) is 3. The van der Waals surface area contributed by atoms with Crippen LogP contribution in [0.5, 0.6) is 0 Å². The first-order valence-corrected chi connectivity index (χ1v) is 8.94. The molecule has 1 aromatic carbocycles. The first-order valence-electron chi connectivity index (χ1n) is 8.06. The Labute approximate surface area is 149 Å². The molecule has 0 aliphatic carbocycles. The van der Waals surface area contributed by atoms with Crippen LogP contribution in [-0.4, -0.2) is 14.1 Å². The smallest absolute Gasteiger partial charge is 0.332 e. The Hall–Kier alpha value is -2.67. The van der Waals surface area contributed by atoms with Crippen molar-refractivity contribution in [1.82, 2.24) is 14.1 Å². The molecule has 0 fully saturated rings. The van der Waals surface area contributed by atoms with Gasteiger partial charge in [-0.15, -0.1) is 11.3 Å². The zero-order valence-corrected chi connectivity index (χ0v) is 15.3. The molecule has 0 radical (unpaired) electrons. The van der Waals surface area contributed by atoms with E-state index in [9.17, 15) is 9.59 Å². The maximum atomic E-state index is 12.6. The van der Waals surface area contributed by atoms with Gasteiger partial charge < -0.3 is 5.73 Å². The van der Waals surface area contributed by atoms with E-state index in [0.29, 0.717) is 12.2 Å². The normalized spacial score (nSPS) is 11.0. The standard InChI is InChI=1S/C18H20N4O2S/c1-4-9-22-15(19)14(17(23)21(3)18(22)24)13-10-25-16(20-13)12-7-5-11(2)6-8-12/h5-8,10H,4,9,19H2,1-3H3. The summed E-state index contributed by atoms with van der Waals surface area (Å²) in [6.07, 6.45) is 0.743. The summed E-state index contributed by atoms with van der Waals surface area (Å²) in [5.41, 5.74) is 8.28. The van der Waals surface area contributed by atoms with E-state index in [-0.39, 0.29) is 11.4 Å². The molecule has 0 saturated carbocycles. The lowest BCUT2D eigenvalue weighted by molar-refractivity contribution is 0.600. The number of hydrogen-bond acceptors (Lipinski definition) is 5. The second-order valence-corrected chi connectivity index (χ2v) is 6.82. The Morgan fingerprint density at radius 2 is 1.88 bits per heavy atom. The van der Waals surface area contributed by atoms with Gasteiger partial charge in [-0.05, 0) is 13.3 Å². The van der Waals surface area contributed by atoms with Crippen LogP contribution in [0.25, 0.3) is 21.8 Å². The molecule has 2 aromatic heterocycles. The van der Waals surface area contributed by atoms with Crippen LogP contribution < -0.4 is 17.0 Å². The first-order chi connectivity index (χ1) is 11.9. The van der Waals surface area contributed by atoms with E-state index in [0.717, 1.165) is 21.6 Å². The molecule has 0 amide bonds. The summed E-state index contributed by atoms with van der Waals surface area (Å²) in [6.45, 7) is 4.44.